The van der Waals surface area contributed by atoms with Gasteiger partial charge >= 0.3 is 8.25 Å². The molecule has 0 aromatic rings. The van der Waals surface area contributed by atoms with Gasteiger partial charge in [0.15, 0.2) is 0 Å². The van der Waals surface area contributed by atoms with E-state index < -0.39 is 8.25 Å². The molecule has 0 spiro atoms. The molecule has 0 unspecified atom stereocenters. The molecule has 77 valence electrons. The van der Waals surface area contributed by atoms with E-state index in [-0.39, 0.29) is 148 Å². The van der Waals surface area contributed by atoms with Crippen molar-refractivity contribution in [3.8, 4) is 0 Å². The summed E-state index contributed by atoms with van der Waals surface area (Å²) in [5.74, 6) is 0. The quantitative estimate of drug-likeness (QED) is 0.453. The van der Waals surface area contributed by atoms with Crippen LogP contribution in [0.15, 0.2) is 0 Å². The average Bonchev–Trinajstić information content (AvgIpc) is 2.33. The van der Waals surface area contributed by atoms with Gasteiger partial charge in [-0.05, 0) is 12.8 Å². The number of rotatable bonds is 1. The van der Waals surface area contributed by atoms with Gasteiger partial charge in [0.2, 0.25) is 0 Å². The first-order valence-electron chi connectivity index (χ1n) is 3.94. The van der Waals surface area contributed by atoms with Crippen LogP contribution in [0.5, 0.6) is 0 Å². The van der Waals surface area contributed by atoms with E-state index in [0.717, 1.165) is 12.8 Å². The number of nitrogens with two attached hydrogens (primary N) is 2. The molecule has 0 aromatic carbocycles. The minimum absolute atomic E-state index is 0. The van der Waals surface area contributed by atoms with Crippen LogP contribution in [0.25, 0.3) is 0 Å². The van der Waals surface area contributed by atoms with E-state index in [9.17, 15) is 4.57 Å². The average molecular weight is 310 g/mol. The summed E-state index contributed by atoms with van der Waals surface area (Å²) in [5, 5.41) is 0. The van der Waals surface area contributed by atoms with Crippen molar-refractivity contribution >= 4 is 156 Å². The molecule has 1 fully saturated rings. The van der Waals surface area contributed by atoms with Crippen molar-refractivity contribution in [2.45, 2.75) is 12.8 Å². The van der Waals surface area contributed by atoms with Gasteiger partial charge < -0.3 is 11.5 Å². The maximum absolute atomic E-state index is 10.4. The first-order chi connectivity index (χ1) is 5.81. The molecule has 1 aliphatic rings. The van der Waals surface area contributed by atoms with Gasteiger partial charge in [-0.2, -0.15) is 0 Å². The van der Waals surface area contributed by atoms with Crippen LogP contribution in [0.4, 0.5) is 0 Å². The van der Waals surface area contributed by atoms with Crippen LogP contribution >= 0.6 is 8.25 Å². The van der Waals surface area contributed by atoms with Crippen LogP contribution in [0.2, 0.25) is 0 Å². The Kier molecular flexibility index (Phi) is 73.0. The molecule has 0 saturated carbocycles. The standard InChI is InChI=1S/C4H8O3P.C2H8N2.5Na/c5-8-6-3-1-2-4-7-8;3-1-2-4;;;;;/h1-4H2;1-4H2;;;;;/q+1;;;;;;. The first kappa shape index (κ1) is 37.9. The molecule has 0 aromatic heterocycles. The van der Waals surface area contributed by atoms with Crippen LogP contribution in [0.3, 0.4) is 0 Å². The second-order valence-corrected chi connectivity index (χ2v) is 3.14. The van der Waals surface area contributed by atoms with E-state index >= 15 is 0 Å². The number of hydrogen-bond donors (Lipinski definition) is 2. The van der Waals surface area contributed by atoms with E-state index in [4.69, 9.17) is 11.5 Å². The predicted octanol–water partition coefficient (Wildman–Crippen LogP) is -1.53. The number of hydrogen-bond acceptors (Lipinski definition) is 5. The second kappa shape index (κ2) is 32.8. The van der Waals surface area contributed by atoms with Crippen molar-refractivity contribution in [3.05, 3.63) is 0 Å². The molecular formula is C6H16N2Na5O3P+. The molecule has 1 aliphatic heterocycles. The van der Waals surface area contributed by atoms with Crippen LogP contribution in [-0.4, -0.2) is 174 Å². The summed E-state index contributed by atoms with van der Waals surface area (Å²) in [6.07, 6.45) is 1.92. The summed E-state index contributed by atoms with van der Waals surface area (Å²) in [5.41, 5.74) is 9.81. The zero-order valence-electron chi connectivity index (χ0n) is 12.1. The smallest absolute Gasteiger partial charge is 0.329 e. The topological polar surface area (TPSA) is 87.6 Å². The first-order valence-corrected chi connectivity index (χ1v) is 5.04. The zero-order chi connectivity index (χ0) is 9.23. The molecule has 17 heavy (non-hydrogen) atoms. The fourth-order valence-electron chi connectivity index (χ4n) is 0.520. The molecule has 0 atom stereocenters. The van der Waals surface area contributed by atoms with Crippen LogP contribution in [-0.2, 0) is 13.6 Å². The Morgan fingerprint density at radius 2 is 1.12 bits per heavy atom. The SMILES string of the molecule is NCCN.O=[P+]1OCCCCO1.[Na].[Na].[Na].[Na].[Na]. The third-order valence-electron chi connectivity index (χ3n) is 1.10. The normalized spacial score (nSPS) is 12.5. The van der Waals surface area contributed by atoms with Gasteiger partial charge in [-0.3, -0.25) is 0 Å². The van der Waals surface area contributed by atoms with Gasteiger partial charge in [-0.15, -0.1) is 9.05 Å². The monoisotopic (exact) mass is 310 g/mol. The van der Waals surface area contributed by atoms with Gasteiger partial charge in [0.05, 0.1) is 0 Å². The molecule has 1 saturated heterocycles. The van der Waals surface area contributed by atoms with Crippen molar-refractivity contribution in [1.82, 2.24) is 0 Å². The Balaban J connectivity index is -0.0000000308. The molecule has 5 radical (unpaired) electrons. The van der Waals surface area contributed by atoms with Crippen molar-refractivity contribution in [1.29, 1.82) is 0 Å². The van der Waals surface area contributed by atoms with Crippen molar-refractivity contribution in [2.24, 2.45) is 11.5 Å². The van der Waals surface area contributed by atoms with Crippen molar-refractivity contribution in [2.75, 3.05) is 26.3 Å². The maximum atomic E-state index is 10.4. The molecule has 4 N–H and O–H groups in total. The minimum atomic E-state index is -1.77. The Bertz CT molecular complexity index is 126. The van der Waals surface area contributed by atoms with Gasteiger partial charge in [0.1, 0.15) is 13.2 Å². The fourth-order valence-corrected chi connectivity index (χ4v) is 1.15. The van der Waals surface area contributed by atoms with Gasteiger partial charge in [0.25, 0.3) is 0 Å². The largest absolute Gasteiger partial charge is 0.697 e. The molecule has 1 rings (SSSR count). The summed E-state index contributed by atoms with van der Waals surface area (Å²) in [6, 6.07) is 0. The van der Waals surface area contributed by atoms with E-state index in [1.165, 1.54) is 0 Å². The van der Waals surface area contributed by atoms with E-state index in [1.807, 2.05) is 0 Å². The molecule has 0 amide bonds. The van der Waals surface area contributed by atoms with Gasteiger partial charge in [0, 0.05) is 165 Å². The third kappa shape index (κ3) is 33.7. The molecular weight excluding hydrogens is 294 g/mol. The Labute approximate surface area is 215 Å². The molecule has 0 aliphatic carbocycles. The summed E-state index contributed by atoms with van der Waals surface area (Å²) in [6.45, 7) is 2.35. The summed E-state index contributed by atoms with van der Waals surface area (Å²) >= 11 is 0. The van der Waals surface area contributed by atoms with Gasteiger partial charge in [-0.25, -0.2) is 0 Å². The summed E-state index contributed by atoms with van der Waals surface area (Å²) in [4.78, 5) is 0. The Morgan fingerprint density at radius 1 is 0.824 bits per heavy atom. The molecule has 0 bridgehead atoms. The Morgan fingerprint density at radius 3 is 1.35 bits per heavy atom. The maximum Gasteiger partial charge on any atom is 0.697 e. The molecule has 5 nitrogen and oxygen atoms in total. The van der Waals surface area contributed by atoms with Crippen LogP contribution in [0, 0.1) is 0 Å². The fraction of sp³-hybridized carbons (Fsp3) is 1.00. The van der Waals surface area contributed by atoms with E-state index in [0.29, 0.717) is 26.3 Å². The predicted molar refractivity (Wildman–Crippen MR) is 75.6 cm³/mol. The van der Waals surface area contributed by atoms with Crippen LogP contribution in [0.1, 0.15) is 12.8 Å². The van der Waals surface area contributed by atoms with E-state index in [1.54, 1.807) is 0 Å². The minimum Gasteiger partial charge on any atom is -0.329 e. The summed E-state index contributed by atoms with van der Waals surface area (Å²) in [7, 11) is -1.77. The van der Waals surface area contributed by atoms with Gasteiger partial charge in [-0.1, -0.05) is 0 Å². The van der Waals surface area contributed by atoms with Crippen molar-refractivity contribution in [3.63, 3.8) is 0 Å². The second-order valence-electron chi connectivity index (χ2n) is 2.17. The van der Waals surface area contributed by atoms with Crippen LogP contribution < -0.4 is 11.5 Å². The van der Waals surface area contributed by atoms with E-state index in [2.05, 4.69) is 9.05 Å². The molecule has 11 heteroatoms. The Hall–Kier alpha value is 4.94. The third-order valence-corrected chi connectivity index (χ3v) is 1.89. The van der Waals surface area contributed by atoms with Crippen molar-refractivity contribution < 1.29 is 13.6 Å². The summed E-state index contributed by atoms with van der Waals surface area (Å²) < 4.78 is 19.8. The molecule has 1 heterocycles. The zero-order valence-corrected chi connectivity index (χ0v) is 23.0.